The second-order valence-electron chi connectivity index (χ2n) is 5.43. The van der Waals surface area contributed by atoms with E-state index in [-0.39, 0.29) is 18.0 Å². The number of hydrogen-bond donors (Lipinski definition) is 1. The number of carbonyl (C=O) groups excluding carboxylic acids is 1. The fourth-order valence-corrected chi connectivity index (χ4v) is 2.47. The van der Waals surface area contributed by atoms with Crippen molar-refractivity contribution in [2.75, 3.05) is 28.4 Å². The normalized spacial score (nSPS) is 11.0. The standard InChI is InChI=1S/C20H22O6/c1-23-17-7-5-13(10-19(17)25-3)9-15(21)12-16(22)14-6-8-18(24-2)20(11-14)26-4/h5-8,10-12,22H,9H2,1-4H3/b16-12+. The second-order valence-corrected chi connectivity index (χ2v) is 5.43. The van der Waals surface area contributed by atoms with Crippen LogP contribution >= 0.6 is 0 Å². The molecule has 0 aliphatic carbocycles. The molecule has 0 aliphatic rings. The Balaban J connectivity index is 2.17. The number of aliphatic hydroxyl groups excluding tert-OH is 1. The van der Waals surface area contributed by atoms with Crippen molar-refractivity contribution in [3.63, 3.8) is 0 Å². The minimum Gasteiger partial charge on any atom is -0.507 e. The van der Waals surface area contributed by atoms with E-state index >= 15 is 0 Å². The number of benzene rings is 2. The van der Waals surface area contributed by atoms with Crippen LogP contribution in [0.3, 0.4) is 0 Å². The first-order valence-corrected chi connectivity index (χ1v) is 7.89. The van der Waals surface area contributed by atoms with Gasteiger partial charge in [-0.1, -0.05) is 6.07 Å². The number of carbonyl (C=O) groups is 1. The predicted octanol–water partition coefficient (Wildman–Crippen LogP) is 3.43. The van der Waals surface area contributed by atoms with Gasteiger partial charge in [0.15, 0.2) is 28.8 Å². The van der Waals surface area contributed by atoms with Crippen LogP contribution in [0.15, 0.2) is 42.5 Å². The molecule has 0 saturated heterocycles. The van der Waals surface area contributed by atoms with Crippen LogP contribution in [-0.4, -0.2) is 39.3 Å². The lowest BCUT2D eigenvalue weighted by Gasteiger charge is -2.10. The highest BCUT2D eigenvalue weighted by molar-refractivity contribution is 5.96. The summed E-state index contributed by atoms with van der Waals surface area (Å²) in [6.07, 6.45) is 1.32. The summed E-state index contributed by atoms with van der Waals surface area (Å²) in [5.74, 6) is 1.76. The Bertz CT molecular complexity index is 810. The second kappa shape index (κ2) is 8.80. The van der Waals surface area contributed by atoms with E-state index in [1.54, 1.807) is 43.5 Å². The monoisotopic (exact) mass is 358 g/mol. The van der Waals surface area contributed by atoms with E-state index in [9.17, 15) is 9.90 Å². The third-order valence-corrected chi connectivity index (χ3v) is 3.80. The molecular weight excluding hydrogens is 336 g/mol. The number of hydrogen-bond acceptors (Lipinski definition) is 6. The third-order valence-electron chi connectivity index (χ3n) is 3.80. The Hall–Kier alpha value is -3.15. The van der Waals surface area contributed by atoms with Gasteiger partial charge in [0.2, 0.25) is 0 Å². The molecule has 6 nitrogen and oxygen atoms in total. The van der Waals surface area contributed by atoms with Gasteiger partial charge < -0.3 is 24.1 Å². The molecule has 1 N–H and O–H groups in total. The first-order chi connectivity index (χ1) is 12.5. The van der Waals surface area contributed by atoms with Gasteiger partial charge in [-0.2, -0.15) is 0 Å². The predicted molar refractivity (Wildman–Crippen MR) is 98.4 cm³/mol. The van der Waals surface area contributed by atoms with Crippen molar-refractivity contribution in [1.82, 2.24) is 0 Å². The Morgan fingerprint density at radius 3 is 1.96 bits per heavy atom. The Morgan fingerprint density at radius 2 is 1.38 bits per heavy atom. The lowest BCUT2D eigenvalue weighted by molar-refractivity contribution is -0.114. The van der Waals surface area contributed by atoms with E-state index in [2.05, 4.69) is 0 Å². The van der Waals surface area contributed by atoms with Gasteiger partial charge in [-0.15, -0.1) is 0 Å². The van der Waals surface area contributed by atoms with Gasteiger partial charge >= 0.3 is 0 Å². The lowest BCUT2D eigenvalue weighted by Crippen LogP contribution is -2.01. The molecule has 2 aromatic carbocycles. The van der Waals surface area contributed by atoms with Crippen molar-refractivity contribution < 1.29 is 28.8 Å². The SMILES string of the molecule is COc1ccc(CC(=O)/C=C(/O)c2ccc(OC)c(OC)c2)cc1OC. The fraction of sp³-hybridized carbons (Fsp3) is 0.250. The van der Waals surface area contributed by atoms with Gasteiger partial charge in [-0.05, 0) is 35.9 Å². The quantitative estimate of drug-likeness (QED) is 0.576. The van der Waals surface area contributed by atoms with Gasteiger partial charge in [0.1, 0.15) is 5.76 Å². The molecule has 26 heavy (non-hydrogen) atoms. The molecule has 2 rings (SSSR count). The van der Waals surface area contributed by atoms with Gasteiger partial charge in [-0.25, -0.2) is 0 Å². The summed E-state index contributed by atoms with van der Waals surface area (Å²) in [5, 5.41) is 10.2. The summed E-state index contributed by atoms with van der Waals surface area (Å²) in [5.41, 5.74) is 1.22. The van der Waals surface area contributed by atoms with Crippen LogP contribution in [-0.2, 0) is 11.2 Å². The first kappa shape index (κ1) is 19.2. The largest absolute Gasteiger partial charge is 0.507 e. The molecular formula is C20H22O6. The summed E-state index contributed by atoms with van der Waals surface area (Å²) in [4.78, 5) is 12.3. The van der Waals surface area contributed by atoms with Crippen LogP contribution in [0.4, 0.5) is 0 Å². The maximum Gasteiger partial charge on any atom is 0.163 e. The van der Waals surface area contributed by atoms with Crippen LogP contribution in [0.25, 0.3) is 5.76 Å². The topological polar surface area (TPSA) is 74.2 Å². The minimum absolute atomic E-state index is 0.123. The van der Waals surface area contributed by atoms with Crippen LogP contribution in [0, 0.1) is 0 Å². The van der Waals surface area contributed by atoms with Crippen molar-refractivity contribution in [2.45, 2.75) is 6.42 Å². The fourth-order valence-electron chi connectivity index (χ4n) is 2.47. The Labute approximate surface area is 152 Å². The molecule has 0 atom stereocenters. The average molecular weight is 358 g/mol. The average Bonchev–Trinajstić information content (AvgIpc) is 2.66. The lowest BCUT2D eigenvalue weighted by atomic mass is 10.1. The van der Waals surface area contributed by atoms with E-state index in [0.29, 0.717) is 28.6 Å². The first-order valence-electron chi connectivity index (χ1n) is 7.89. The number of ether oxygens (including phenoxy) is 4. The smallest absolute Gasteiger partial charge is 0.163 e. The van der Waals surface area contributed by atoms with E-state index in [1.807, 2.05) is 0 Å². The zero-order valence-corrected chi connectivity index (χ0v) is 15.2. The van der Waals surface area contributed by atoms with Crippen molar-refractivity contribution in [1.29, 1.82) is 0 Å². The molecule has 0 fully saturated rings. The summed E-state index contributed by atoms with van der Waals surface area (Å²) in [6.45, 7) is 0. The molecule has 0 bridgehead atoms. The van der Waals surface area contributed by atoms with Gasteiger partial charge in [0, 0.05) is 18.1 Å². The Morgan fingerprint density at radius 1 is 0.846 bits per heavy atom. The van der Waals surface area contributed by atoms with Crippen molar-refractivity contribution >= 4 is 11.5 Å². The number of ketones is 1. The summed E-state index contributed by atoms with van der Waals surface area (Å²) >= 11 is 0. The molecule has 0 spiro atoms. The third kappa shape index (κ3) is 4.47. The zero-order valence-electron chi connectivity index (χ0n) is 15.2. The van der Waals surface area contributed by atoms with Crippen LogP contribution < -0.4 is 18.9 Å². The molecule has 0 aliphatic heterocycles. The van der Waals surface area contributed by atoms with Crippen molar-refractivity contribution in [3.05, 3.63) is 53.6 Å². The summed E-state index contributed by atoms with van der Waals surface area (Å²) in [6, 6.07) is 10.2. The molecule has 0 saturated carbocycles. The maximum atomic E-state index is 12.3. The van der Waals surface area contributed by atoms with Crippen LogP contribution in [0.1, 0.15) is 11.1 Å². The minimum atomic E-state index is -0.246. The number of methoxy groups -OCH3 is 4. The van der Waals surface area contributed by atoms with Crippen molar-refractivity contribution in [2.24, 2.45) is 0 Å². The molecule has 0 heterocycles. The Kier molecular flexibility index (Phi) is 6.49. The number of rotatable bonds is 8. The van der Waals surface area contributed by atoms with Crippen LogP contribution in [0.2, 0.25) is 0 Å². The molecule has 0 unspecified atom stereocenters. The highest BCUT2D eigenvalue weighted by Gasteiger charge is 2.11. The maximum absolute atomic E-state index is 12.3. The van der Waals surface area contributed by atoms with Gasteiger partial charge in [0.25, 0.3) is 0 Å². The molecule has 2 aromatic rings. The van der Waals surface area contributed by atoms with E-state index in [1.165, 1.54) is 27.4 Å². The van der Waals surface area contributed by atoms with E-state index in [0.717, 1.165) is 5.56 Å². The van der Waals surface area contributed by atoms with E-state index < -0.39 is 0 Å². The van der Waals surface area contributed by atoms with Gasteiger partial charge in [0.05, 0.1) is 28.4 Å². The molecule has 0 amide bonds. The van der Waals surface area contributed by atoms with Crippen LogP contribution in [0.5, 0.6) is 23.0 Å². The molecule has 6 heteroatoms. The number of aliphatic hydroxyl groups is 1. The number of allylic oxidation sites excluding steroid dienone is 1. The summed E-state index contributed by atoms with van der Waals surface area (Å²) < 4.78 is 20.8. The molecule has 0 radical (unpaired) electrons. The van der Waals surface area contributed by atoms with E-state index in [4.69, 9.17) is 18.9 Å². The van der Waals surface area contributed by atoms with Gasteiger partial charge in [-0.3, -0.25) is 4.79 Å². The summed E-state index contributed by atoms with van der Waals surface area (Å²) in [7, 11) is 6.11. The molecule has 0 aromatic heterocycles. The van der Waals surface area contributed by atoms with Crippen molar-refractivity contribution in [3.8, 4) is 23.0 Å². The zero-order chi connectivity index (χ0) is 19.1. The molecule has 138 valence electrons. The highest BCUT2D eigenvalue weighted by Crippen LogP contribution is 2.30. The highest BCUT2D eigenvalue weighted by atomic mass is 16.5.